The van der Waals surface area contributed by atoms with Crippen molar-refractivity contribution in [3.05, 3.63) is 59.2 Å². The number of aryl methyl sites for hydroxylation is 1. The van der Waals surface area contributed by atoms with Crippen LogP contribution < -0.4 is 10.6 Å². The van der Waals surface area contributed by atoms with Crippen molar-refractivity contribution in [2.75, 3.05) is 12.4 Å². The van der Waals surface area contributed by atoms with Crippen molar-refractivity contribution in [2.24, 2.45) is 0 Å². The second kappa shape index (κ2) is 6.14. The number of halogens is 1. The molecule has 0 aliphatic heterocycles. The van der Waals surface area contributed by atoms with Gasteiger partial charge in [0.05, 0.1) is 11.3 Å². The molecule has 0 radical (unpaired) electrons. The first-order valence-electron chi connectivity index (χ1n) is 6.28. The molecule has 1 aromatic carbocycles. The Balaban J connectivity index is 2.11. The van der Waals surface area contributed by atoms with Crippen LogP contribution in [0.2, 0.25) is 0 Å². The molecule has 0 unspecified atom stereocenters. The van der Waals surface area contributed by atoms with E-state index in [0.717, 1.165) is 5.69 Å². The molecule has 0 saturated heterocycles. The van der Waals surface area contributed by atoms with Crippen LogP contribution in [-0.4, -0.2) is 17.9 Å². The molecule has 0 spiro atoms. The number of carbonyl (C=O) groups is 1. The molecule has 2 rings (SSSR count). The highest BCUT2D eigenvalue weighted by Crippen LogP contribution is 2.15. The standard InChI is InChI=1S/C15H16FN3O/c1-10-7-14(17-2)12(9-18-10)15(20)19-8-11-5-3-4-6-13(11)16/h3-7,9H,8H2,1-2H3,(H,17,18)(H,19,20). The third kappa shape index (κ3) is 3.12. The fourth-order valence-electron chi connectivity index (χ4n) is 1.86. The fourth-order valence-corrected chi connectivity index (χ4v) is 1.86. The van der Waals surface area contributed by atoms with Gasteiger partial charge in [0, 0.05) is 31.0 Å². The summed E-state index contributed by atoms with van der Waals surface area (Å²) in [4.78, 5) is 16.2. The largest absolute Gasteiger partial charge is 0.387 e. The Labute approximate surface area is 117 Å². The second-order valence-corrected chi connectivity index (χ2v) is 4.40. The summed E-state index contributed by atoms with van der Waals surface area (Å²) in [5.41, 5.74) is 2.41. The molecule has 1 heterocycles. The molecule has 2 N–H and O–H groups in total. The van der Waals surface area contributed by atoms with Crippen molar-refractivity contribution >= 4 is 11.6 Å². The van der Waals surface area contributed by atoms with E-state index in [0.29, 0.717) is 16.8 Å². The molecule has 5 heteroatoms. The topological polar surface area (TPSA) is 54.0 Å². The van der Waals surface area contributed by atoms with Crippen LogP contribution in [-0.2, 0) is 6.54 Å². The lowest BCUT2D eigenvalue weighted by Gasteiger charge is -2.10. The third-order valence-electron chi connectivity index (χ3n) is 2.95. The first-order chi connectivity index (χ1) is 9.61. The van der Waals surface area contributed by atoms with Gasteiger partial charge in [0.2, 0.25) is 0 Å². The van der Waals surface area contributed by atoms with E-state index in [-0.39, 0.29) is 18.3 Å². The molecule has 4 nitrogen and oxygen atoms in total. The van der Waals surface area contributed by atoms with Crippen LogP contribution in [0.1, 0.15) is 21.6 Å². The molecule has 0 aliphatic rings. The number of nitrogens with zero attached hydrogens (tertiary/aromatic N) is 1. The molecular formula is C15H16FN3O. The van der Waals surface area contributed by atoms with Gasteiger partial charge < -0.3 is 10.6 Å². The zero-order chi connectivity index (χ0) is 14.5. The Morgan fingerprint density at radius 2 is 2.10 bits per heavy atom. The Hall–Kier alpha value is -2.43. The van der Waals surface area contributed by atoms with Crippen molar-refractivity contribution < 1.29 is 9.18 Å². The van der Waals surface area contributed by atoms with Crippen molar-refractivity contribution in [1.29, 1.82) is 0 Å². The second-order valence-electron chi connectivity index (χ2n) is 4.40. The molecule has 1 aromatic heterocycles. The van der Waals surface area contributed by atoms with Gasteiger partial charge in [-0.25, -0.2) is 4.39 Å². The van der Waals surface area contributed by atoms with E-state index in [9.17, 15) is 9.18 Å². The highest BCUT2D eigenvalue weighted by atomic mass is 19.1. The lowest BCUT2D eigenvalue weighted by Crippen LogP contribution is -2.24. The Morgan fingerprint density at radius 1 is 1.35 bits per heavy atom. The summed E-state index contributed by atoms with van der Waals surface area (Å²) in [7, 11) is 1.74. The van der Waals surface area contributed by atoms with Gasteiger partial charge in [-0.05, 0) is 19.1 Å². The SMILES string of the molecule is CNc1cc(C)ncc1C(=O)NCc1ccccc1F. The van der Waals surface area contributed by atoms with Crippen molar-refractivity contribution in [3.8, 4) is 0 Å². The minimum atomic E-state index is -0.330. The number of anilines is 1. The summed E-state index contributed by atoms with van der Waals surface area (Å²) < 4.78 is 13.5. The van der Waals surface area contributed by atoms with E-state index >= 15 is 0 Å². The summed E-state index contributed by atoms with van der Waals surface area (Å²) in [5.74, 6) is -0.617. The maximum atomic E-state index is 13.5. The highest BCUT2D eigenvalue weighted by Gasteiger charge is 2.12. The van der Waals surface area contributed by atoms with Crippen LogP contribution in [0.3, 0.4) is 0 Å². The van der Waals surface area contributed by atoms with Crippen LogP contribution >= 0.6 is 0 Å². The number of hydrogen-bond donors (Lipinski definition) is 2. The Kier molecular flexibility index (Phi) is 4.30. The van der Waals surface area contributed by atoms with Gasteiger partial charge >= 0.3 is 0 Å². The number of nitrogens with one attached hydrogen (secondary N) is 2. The molecule has 0 atom stereocenters. The fraction of sp³-hybridized carbons (Fsp3) is 0.200. The van der Waals surface area contributed by atoms with Gasteiger partial charge in [0.15, 0.2) is 0 Å². The predicted molar refractivity (Wildman–Crippen MR) is 76.1 cm³/mol. The number of aromatic nitrogens is 1. The van der Waals surface area contributed by atoms with Crippen molar-refractivity contribution in [2.45, 2.75) is 13.5 Å². The number of rotatable bonds is 4. The number of pyridine rings is 1. The molecule has 2 aromatic rings. The van der Waals surface area contributed by atoms with E-state index < -0.39 is 0 Å². The first kappa shape index (κ1) is 14.0. The summed E-state index contributed by atoms with van der Waals surface area (Å²) in [6.07, 6.45) is 1.51. The van der Waals surface area contributed by atoms with Crippen LogP contribution in [0.15, 0.2) is 36.5 Å². The molecular weight excluding hydrogens is 257 g/mol. The zero-order valence-electron chi connectivity index (χ0n) is 11.4. The Bertz CT molecular complexity index is 628. The minimum absolute atomic E-state index is 0.141. The van der Waals surface area contributed by atoms with E-state index in [1.165, 1.54) is 12.3 Å². The quantitative estimate of drug-likeness (QED) is 0.900. The van der Waals surface area contributed by atoms with Crippen LogP contribution in [0, 0.1) is 12.7 Å². The van der Waals surface area contributed by atoms with Crippen molar-refractivity contribution in [1.82, 2.24) is 10.3 Å². The van der Waals surface area contributed by atoms with E-state index in [1.54, 1.807) is 31.3 Å². The number of hydrogen-bond acceptors (Lipinski definition) is 3. The summed E-state index contributed by atoms with van der Waals surface area (Å²) in [5, 5.41) is 5.64. The number of amides is 1. The first-order valence-corrected chi connectivity index (χ1v) is 6.28. The van der Waals surface area contributed by atoms with Gasteiger partial charge in [-0.2, -0.15) is 0 Å². The molecule has 0 bridgehead atoms. The third-order valence-corrected chi connectivity index (χ3v) is 2.95. The molecule has 0 saturated carbocycles. The van der Waals surface area contributed by atoms with Gasteiger partial charge in [-0.1, -0.05) is 18.2 Å². The molecule has 0 aliphatic carbocycles. The average Bonchev–Trinajstić information content (AvgIpc) is 2.46. The predicted octanol–water partition coefficient (Wildman–Crippen LogP) is 2.50. The number of carbonyl (C=O) groups excluding carboxylic acids is 1. The number of benzene rings is 1. The molecule has 104 valence electrons. The lowest BCUT2D eigenvalue weighted by atomic mass is 10.1. The minimum Gasteiger partial charge on any atom is -0.387 e. The van der Waals surface area contributed by atoms with Crippen LogP contribution in [0.4, 0.5) is 10.1 Å². The van der Waals surface area contributed by atoms with E-state index in [1.807, 2.05) is 6.92 Å². The smallest absolute Gasteiger partial charge is 0.255 e. The summed E-state index contributed by atoms with van der Waals surface area (Å²) in [6, 6.07) is 8.15. The maximum absolute atomic E-state index is 13.5. The van der Waals surface area contributed by atoms with Gasteiger partial charge in [-0.3, -0.25) is 9.78 Å². The van der Waals surface area contributed by atoms with Crippen molar-refractivity contribution in [3.63, 3.8) is 0 Å². The summed E-state index contributed by atoms with van der Waals surface area (Å²) >= 11 is 0. The van der Waals surface area contributed by atoms with Crippen LogP contribution in [0.5, 0.6) is 0 Å². The lowest BCUT2D eigenvalue weighted by molar-refractivity contribution is 0.0951. The average molecular weight is 273 g/mol. The Morgan fingerprint density at radius 3 is 2.80 bits per heavy atom. The van der Waals surface area contributed by atoms with Gasteiger partial charge in [0.25, 0.3) is 5.91 Å². The normalized spacial score (nSPS) is 10.2. The van der Waals surface area contributed by atoms with Crippen LogP contribution in [0.25, 0.3) is 0 Å². The zero-order valence-corrected chi connectivity index (χ0v) is 11.4. The van der Waals surface area contributed by atoms with Gasteiger partial charge in [0.1, 0.15) is 5.82 Å². The van der Waals surface area contributed by atoms with Gasteiger partial charge in [-0.15, -0.1) is 0 Å². The van der Waals surface area contributed by atoms with E-state index in [2.05, 4.69) is 15.6 Å². The maximum Gasteiger partial charge on any atom is 0.255 e. The van der Waals surface area contributed by atoms with E-state index in [4.69, 9.17) is 0 Å². The monoisotopic (exact) mass is 273 g/mol. The highest BCUT2D eigenvalue weighted by molar-refractivity contribution is 5.99. The molecule has 20 heavy (non-hydrogen) atoms. The molecule has 0 fully saturated rings. The molecule has 1 amide bonds. The summed E-state index contributed by atoms with van der Waals surface area (Å²) in [6.45, 7) is 1.99.